The highest BCUT2D eigenvalue weighted by molar-refractivity contribution is 14.1. The van der Waals surface area contributed by atoms with E-state index in [9.17, 15) is 4.39 Å². The van der Waals surface area contributed by atoms with Crippen molar-refractivity contribution in [1.29, 1.82) is 0 Å². The van der Waals surface area contributed by atoms with Crippen LogP contribution in [0, 0.1) is 9.39 Å². The second-order valence-corrected chi connectivity index (χ2v) is 5.41. The lowest BCUT2D eigenvalue weighted by Crippen LogP contribution is -2.09. The standard InChI is InChI=1S/C15H15FIN/c1-2-15(11-6-8-12(16)9-7-11)18-14-5-3-4-13(17)10-14/h3-10,15,18H,2H2,1H3. The van der Waals surface area contributed by atoms with E-state index in [4.69, 9.17) is 0 Å². The molecule has 0 radical (unpaired) electrons. The van der Waals surface area contributed by atoms with E-state index in [1.807, 2.05) is 24.3 Å². The van der Waals surface area contributed by atoms with Crippen LogP contribution in [-0.2, 0) is 0 Å². The highest BCUT2D eigenvalue weighted by Crippen LogP contribution is 2.23. The summed E-state index contributed by atoms with van der Waals surface area (Å²) < 4.78 is 14.1. The van der Waals surface area contributed by atoms with Crippen molar-refractivity contribution in [1.82, 2.24) is 0 Å². The fourth-order valence-electron chi connectivity index (χ4n) is 1.90. The van der Waals surface area contributed by atoms with Crippen molar-refractivity contribution in [3.8, 4) is 0 Å². The van der Waals surface area contributed by atoms with Crippen LogP contribution in [0.5, 0.6) is 0 Å². The molecule has 2 aromatic rings. The van der Waals surface area contributed by atoms with Crippen molar-refractivity contribution in [3.05, 3.63) is 63.5 Å². The Morgan fingerprint density at radius 2 is 1.89 bits per heavy atom. The van der Waals surface area contributed by atoms with Gasteiger partial charge in [0, 0.05) is 9.26 Å². The van der Waals surface area contributed by atoms with Crippen LogP contribution in [0.2, 0.25) is 0 Å². The Bertz CT molecular complexity index is 510. The molecule has 2 rings (SSSR count). The minimum Gasteiger partial charge on any atom is -0.378 e. The number of rotatable bonds is 4. The van der Waals surface area contributed by atoms with Crippen LogP contribution >= 0.6 is 22.6 Å². The molecule has 0 aliphatic heterocycles. The molecule has 94 valence electrons. The Morgan fingerprint density at radius 3 is 2.50 bits per heavy atom. The van der Waals surface area contributed by atoms with Gasteiger partial charge in [0.1, 0.15) is 5.82 Å². The fraction of sp³-hybridized carbons (Fsp3) is 0.200. The first-order chi connectivity index (χ1) is 8.69. The molecule has 0 fully saturated rings. The molecule has 1 unspecified atom stereocenters. The van der Waals surface area contributed by atoms with Crippen molar-refractivity contribution >= 4 is 28.3 Å². The normalized spacial score (nSPS) is 12.2. The Kier molecular flexibility index (Phi) is 4.58. The van der Waals surface area contributed by atoms with Gasteiger partial charge in [0.15, 0.2) is 0 Å². The lowest BCUT2D eigenvalue weighted by Gasteiger charge is -2.19. The smallest absolute Gasteiger partial charge is 0.123 e. The number of hydrogen-bond donors (Lipinski definition) is 1. The average molecular weight is 355 g/mol. The van der Waals surface area contributed by atoms with Gasteiger partial charge in [0.25, 0.3) is 0 Å². The highest BCUT2D eigenvalue weighted by Gasteiger charge is 2.09. The Balaban J connectivity index is 2.17. The summed E-state index contributed by atoms with van der Waals surface area (Å²) in [7, 11) is 0. The molecule has 0 bridgehead atoms. The van der Waals surface area contributed by atoms with E-state index in [0.29, 0.717) is 0 Å². The predicted octanol–water partition coefficient (Wildman–Crippen LogP) is 4.99. The molecule has 2 aromatic carbocycles. The zero-order chi connectivity index (χ0) is 13.0. The van der Waals surface area contributed by atoms with Gasteiger partial charge in [-0.05, 0) is 64.9 Å². The summed E-state index contributed by atoms with van der Waals surface area (Å²) in [6.07, 6.45) is 0.955. The molecule has 0 aliphatic carbocycles. The summed E-state index contributed by atoms with van der Waals surface area (Å²) in [5, 5.41) is 3.48. The minimum atomic E-state index is -0.192. The maximum absolute atomic E-state index is 12.9. The summed E-state index contributed by atoms with van der Waals surface area (Å²) in [4.78, 5) is 0. The van der Waals surface area contributed by atoms with Crippen molar-refractivity contribution < 1.29 is 4.39 Å². The maximum Gasteiger partial charge on any atom is 0.123 e. The molecule has 1 N–H and O–H groups in total. The van der Waals surface area contributed by atoms with Crippen LogP contribution in [0.1, 0.15) is 24.9 Å². The van der Waals surface area contributed by atoms with Gasteiger partial charge in [-0.3, -0.25) is 0 Å². The van der Waals surface area contributed by atoms with Crippen molar-refractivity contribution in [2.75, 3.05) is 5.32 Å². The quantitative estimate of drug-likeness (QED) is 0.762. The summed E-state index contributed by atoms with van der Waals surface area (Å²) in [6.45, 7) is 2.12. The van der Waals surface area contributed by atoms with E-state index in [0.717, 1.165) is 17.7 Å². The molecule has 0 amide bonds. The van der Waals surface area contributed by atoms with Crippen LogP contribution in [0.15, 0.2) is 48.5 Å². The molecule has 3 heteroatoms. The molecule has 1 atom stereocenters. The number of anilines is 1. The summed E-state index contributed by atoms with van der Waals surface area (Å²) in [5.74, 6) is -0.192. The topological polar surface area (TPSA) is 12.0 Å². The summed E-state index contributed by atoms with van der Waals surface area (Å²) in [5.41, 5.74) is 2.20. The molecule has 1 nitrogen and oxygen atoms in total. The van der Waals surface area contributed by atoms with Crippen molar-refractivity contribution in [3.63, 3.8) is 0 Å². The van der Waals surface area contributed by atoms with Crippen LogP contribution in [0.25, 0.3) is 0 Å². The van der Waals surface area contributed by atoms with Crippen LogP contribution < -0.4 is 5.32 Å². The van der Waals surface area contributed by atoms with E-state index >= 15 is 0 Å². The Hall–Kier alpha value is -1.10. The van der Waals surface area contributed by atoms with Gasteiger partial charge in [-0.1, -0.05) is 25.1 Å². The molecule has 0 spiro atoms. The Labute approximate surface area is 121 Å². The molecule has 0 saturated carbocycles. The third kappa shape index (κ3) is 3.45. The Morgan fingerprint density at radius 1 is 1.17 bits per heavy atom. The van der Waals surface area contributed by atoms with Crippen LogP contribution in [0.3, 0.4) is 0 Å². The van der Waals surface area contributed by atoms with Gasteiger partial charge < -0.3 is 5.32 Å². The molecule has 18 heavy (non-hydrogen) atoms. The molecule has 0 aromatic heterocycles. The first-order valence-corrected chi connectivity index (χ1v) is 7.04. The third-order valence-electron chi connectivity index (χ3n) is 2.85. The molecule has 0 heterocycles. The largest absolute Gasteiger partial charge is 0.378 e. The number of nitrogens with one attached hydrogen (secondary N) is 1. The first kappa shape index (κ1) is 13.3. The van der Waals surface area contributed by atoms with E-state index in [1.54, 1.807) is 0 Å². The second-order valence-electron chi connectivity index (χ2n) is 4.17. The van der Waals surface area contributed by atoms with Gasteiger partial charge in [-0.25, -0.2) is 4.39 Å². The highest BCUT2D eigenvalue weighted by atomic mass is 127. The van der Waals surface area contributed by atoms with Crippen LogP contribution in [0.4, 0.5) is 10.1 Å². The average Bonchev–Trinajstić information content (AvgIpc) is 2.37. The third-order valence-corrected chi connectivity index (χ3v) is 3.52. The molecular formula is C15H15FIN. The fourth-order valence-corrected chi connectivity index (χ4v) is 2.44. The maximum atomic E-state index is 12.9. The van der Waals surface area contributed by atoms with Gasteiger partial charge >= 0.3 is 0 Å². The zero-order valence-corrected chi connectivity index (χ0v) is 12.3. The number of halogens is 2. The number of hydrogen-bond acceptors (Lipinski definition) is 1. The van der Waals surface area contributed by atoms with E-state index < -0.39 is 0 Å². The van der Waals surface area contributed by atoms with Crippen LogP contribution in [-0.4, -0.2) is 0 Å². The van der Waals surface area contributed by atoms with Gasteiger partial charge in [-0.15, -0.1) is 0 Å². The monoisotopic (exact) mass is 355 g/mol. The van der Waals surface area contributed by atoms with Gasteiger partial charge in [0.05, 0.1) is 6.04 Å². The van der Waals surface area contributed by atoms with Crippen molar-refractivity contribution in [2.45, 2.75) is 19.4 Å². The second kappa shape index (κ2) is 6.18. The first-order valence-electron chi connectivity index (χ1n) is 5.96. The number of benzene rings is 2. The molecular weight excluding hydrogens is 340 g/mol. The lowest BCUT2D eigenvalue weighted by molar-refractivity contribution is 0.625. The van der Waals surface area contributed by atoms with Gasteiger partial charge in [0.2, 0.25) is 0 Å². The van der Waals surface area contributed by atoms with Gasteiger partial charge in [-0.2, -0.15) is 0 Å². The SMILES string of the molecule is CCC(Nc1cccc(I)c1)c1ccc(F)cc1. The lowest BCUT2D eigenvalue weighted by atomic mass is 10.0. The van der Waals surface area contributed by atoms with E-state index in [-0.39, 0.29) is 11.9 Å². The van der Waals surface area contributed by atoms with E-state index in [2.05, 4.69) is 47.0 Å². The summed E-state index contributed by atoms with van der Waals surface area (Å²) in [6, 6.07) is 15.1. The zero-order valence-electron chi connectivity index (χ0n) is 10.2. The molecule has 0 aliphatic rings. The molecule has 0 saturated heterocycles. The van der Waals surface area contributed by atoms with Crippen molar-refractivity contribution in [2.24, 2.45) is 0 Å². The van der Waals surface area contributed by atoms with E-state index in [1.165, 1.54) is 15.7 Å². The summed E-state index contributed by atoms with van der Waals surface area (Å²) >= 11 is 2.29. The minimum absolute atomic E-state index is 0.192. The predicted molar refractivity (Wildman–Crippen MR) is 82.2 cm³/mol.